The molecule has 30 heavy (non-hydrogen) atoms. The van der Waals surface area contributed by atoms with Gasteiger partial charge in [0, 0.05) is 30.9 Å². The zero-order chi connectivity index (χ0) is 21.5. The third-order valence-electron chi connectivity index (χ3n) is 4.44. The Balaban J connectivity index is 1.85. The lowest BCUT2D eigenvalue weighted by Gasteiger charge is -2.31. The van der Waals surface area contributed by atoms with Crippen molar-refractivity contribution in [2.75, 3.05) is 55.1 Å². The normalized spacial score (nSPS) is 13.7. The minimum absolute atomic E-state index is 0.359. The minimum atomic E-state index is -0.434. The van der Waals surface area contributed by atoms with Crippen LogP contribution in [0.25, 0.3) is 0 Å². The van der Waals surface area contributed by atoms with E-state index < -0.39 is 6.03 Å². The summed E-state index contributed by atoms with van der Waals surface area (Å²) in [6.45, 7) is 7.60. The Labute approximate surface area is 186 Å². The lowest BCUT2D eigenvalue weighted by atomic mass is 10.2. The number of morpholine rings is 1. The van der Waals surface area contributed by atoms with Gasteiger partial charge in [-0.3, -0.25) is 0 Å². The molecule has 162 valence electrons. The molecular weight excluding hydrogens is 429 g/mol. The van der Waals surface area contributed by atoms with Gasteiger partial charge in [-0.1, -0.05) is 23.2 Å². The van der Waals surface area contributed by atoms with Gasteiger partial charge in [-0.15, -0.1) is 0 Å². The molecule has 0 atom stereocenters. The van der Waals surface area contributed by atoms with E-state index in [1.165, 1.54) is 0 Å². The Bertz CT molecular complexity index is 889. The summed E-state index contributed by atoms with van der Waals surface area (Å²) >= 11 is 11.9. The van der Waals surface area contributed by atoms with E-state index in [0.717, 1.165) is 18.8 Å². The van der Waals surface area contributed by atoms with E-state index in [2.05, 4.69) is 15.5 Å². The fourth-order valence-corrected chi connectivity index (χ4v) is 3.40. The van der Waals surface area contributed by atoms with Crippen molar-refractivity contribution in [3.8, 4) is 11.5 Å². The van der Waals surface area contributed by atoms with Crippen molar-refractivity contribution in [3.63, 3.8) is 0 Å². The Morgan fingerprint density at radius 1 is 1.00 bits per heavy atom. The molecule has 0 bridgehead atoms. The topological polar surface area (TPSA) is 72.1 Å². The summed E-state index contributed by atoms with van der Waals surface area (Å²) in [5.41, 5.74) is 1.95. The summed E-state index contributed by atoms with van der Waals surface area (Å²) in [5, 5.41) is 6.35. The quantitative estimate of drug-likeness (QED) is 0.597. The highest BCUT2D eigenvalue weighted by Gasteiger charge is 2.20. The Kier molecular flexibility index (Phi) is 7.90. The lowest BCUT2D eigenvalue weighted by Crippen LogP contribution is -2.36. The number of rotatable bonds is 7. The predicted octanol–water partition coefficient (Wildman–Crippen LogP) is 5.27. The Morgan fingerprint density at radius 3 is 2.37 bits per heavy atom. The van der Waals surface area contributed by atoms with E-state index in [0.29, 0.717) is 59.3 Å². The van der Waals surface area contributed by atoms with Crippen LogP contribution in [0.5, 0.6) is 11.5 Å². The third-order valence-corrected chi connectivity index (χ3v) is 5.18. The van der Waals surface area contributed by atoms with Crippen molar-refractivity contribution in [2.24, 2.45) is 0 Å². The second kappa shape index (κ2) is 10.6. The van der Waals surface area contributed by atoms with E-state index >= 15 is 0 Å². The molecule has 2 aromatic carbocycles. The van der Waals surface area contributed by atoms with Crippen LogP contribution in [-0.4, -0.2) is 45.5 Å². The van der Waals surface area contributed by atoms with Gasteiger partial charge in [-0.2, -0.15) is 0 Å². The third kappa shape index (κ3) is 5.62. The summed E-state index contributed by atoms with van der Waals surface area (Å²) in [6.07, 6.45) is 0. The zero-order valence-corrected chi connectivity index (χ0v) is 18.5. The molecule has 7 nitrogen and oxygen atoms in total. The molecule has 0 radical (unpaired) electrons. The van der Waals surface area contributed by atoms with Crippen LogP contribution in [0.3, 0.4) is 0 Å². The van der Waals surface area contributed by atoms with Gasteiger partial charge in [-0.05, 0) is 32.0 Å². The molecule has 2 N–H and O–H groups in total. The molecule has 1 fully saturated rings. The van der Waals surface area contributed by atoms with Gasteiger partial charge in [-0.25, -0.2) is 4.79 Å². The van der Waals surface area contributed by atoms with E-state index in [1.807, 2.05) is 19.9 Å². The number of nitrogens with zero attached hydrogens (tertiary/aromatic N) is 1. The molecule has 1 saturated heterocycles. The average molecular weight is 454 g/mol. The van der Waals surface area contributed by atoms with Crippen LogP contribution >= 0.6 is 23.2 Å². The van der Waals surface area contributed by atoms with Gasteiger partial charge >= 0.3 is 6.03 Å². The first-order chi connectivity index (χ1) is 14.5. The van der Waals surface area contributed by atoms with Crippen molar-refractivity contribution >= 4 is 46.3 Å². The maximum atomic E-state index is 12.6. The summed E-state index contributed by atoms with van der Waals surface area (Å²) in [4.78, 5) is 14.8. The summed E-state index contributed by atoms with van der Waals surface area (Å²) in [5.74, 6) is 1.24. The average Bonchev–Trinajstić information content (AvgIpc) is 2.73. The van der Waals surface area contributed by atoms with E-state index in [9.17, 15) is 4.79 Å². The molecule has 0 saturated carbocycles. The SMILES string of the molecule is CCOc1cc(N2CCOCC2)c(OCC)cc1NC(=O)Nc1ccc(Cl)c(Cl)c1. The zero-order valence-electron chi connectivity index (χ0n) is 17.0. The van der Waals surface area contributed by atoms with E-state index in [-0.39, 0.29) is 0 Å². The molecule has 0 spiro atoms. The van der Waals surface area contributed by atoms with Crippen LogP contribution in [0, 0.1) is 0 Å². The molecule has 1 heterocycles. The maximum Gasteiger partial charge on any atom is 0.323 e. The molecular formula is C21H25Cl2N3O4. The molecule has 3 rings (SSSR count). The van der Waals surface area contributed by atoms with Crippen LogP contribution < -0.4 is 25.0 Å². The molecule has 9 heteroatoms. The van der Waals surface area contributed by atoms with Crippen LogP contribution in [0.4, 0.5) is 21.9 Å². The van der Waals surface area contributed by atoms with Crippen molar-refractivity contribution in [1.29, 1.82) is 0 Å². The second-order valence-electron chi connectivity index (χ2n) is 6.49. The van der Waals surface area contributed by atoms with Crippen molar-refractivity contribution in [2.45, 2.75) is 13.8 Å². The molecule has 0 unspecified atom stereocenters. The van der Waals surface area contributed by atoms with Gasteiger partial charge in [0.15, 0.2) is 0 Å². The van der Waals surface area contributed by atoms with Crippen LogP contribution in [0.15, 0.2) is 30.3 Å². The Morgan fingerprint density at radius 2 is 1.70 bits per heavy atom. The van der Waals surface area contributed by atoms with Crippen molar-refractivity contribution in [3.05, 3.63) is 40.4 Å². The molecule has 0 aliphatic carbocycles. The number of amides is 2. The number of ether oxygens (including phenoxy) is 3. The van der Waals surface area contributed by atoms with Gasteiger partial charge in [0.05, 0.1) is 47.8 Å². The van der Waals surface area contributed by atoms with Gasteiger partial charge < -0.3 is 29.7 Å². The summed E-state index contributed by atoms with van der Waals surface area (Å²) < 4.78 is 17.1. The number of halogens is 2. The number of hydrogen-bond acceptors (Lipinski definition) is 5. The fourth-order valence-electron chi connectivity index (χ4n) is 3.10. The first-order valence-corrected chi connectivity index (χ1v) is 10.6. The Hall–Kier alpha value is -2.35. The standard InChI is InChI=1S/C21H25Cl2N3O4/c1-3-29-19-13-18(26-7-9-28-10-8-26)20(30-4-2)12-17(19)25-21(27)24-14-5-6-15(22)16(23)11-14/h5-6,11-13H,3-4,7-10H2,1-2H3,(H2,24,25,27). The summed E-state index contributed by atoms with van der Waals surface area (Å²) in [6, 6.07) is 8.12. The van der Waals surface area contributed by atoms with Crippen LogP contribution in [0.2, 0.25) is 10.0 Å². The van der Waals surface area contributed by atoms with Crippen LogP contribution in [-0.2, 0) is 4.74 Å². The predicted molar refractivity (Wildman–Crippen MR) is 121 cm³/mol. The van der Waals surface area contributed by atoms with Gasteiger partial charge in [0.1, 0.15) is 11.5 Å². The minimum Gasteiger partial charge on any atom is -0.492 e. The highest BCUT2D eigenvalue weighted by Crippen LogP contribution is 2.39. The first-order valence-electron chi connectivity index (χ1n) is 9.81. The summed E-state index contributed by atoms with van der Waals surface area (Å²) in [7, 11) is 0. The largest absolute Gasteiger partial charge is 0.492 e. The monoisotopic (exact) mass is 453 g/mol. The van der Waals surface area contributed by atoms with Gasteiger partial charge in [0.2, 0.25) is 0 Å². The maximum absolute atomic E-state index is 12.6. The lowest BCUT2D eigenvalue weighted by molar-refractivity contribution is 0.122. The molecule has 0 aromatic heterocycles. The van der Waals surface area contributed by atoms with Crippen LogP contribution in [0.1, 0.15) is 13.8 Å². The molecule has 2 aromatic rings. The van der Waals surface area contributed by atoms with Crippen molar-refractivity contribution < 1.29 is 19.0 Å². The number of carbonyl (C=O) groups is 1. The van der Waals surface area contributed by atoms with Gasteiger partial charge in [0.25, 0.3) is 0 Å². The number of benzene rings is 2. The molecule has 2 amide bonds. The highest BCUT2D eigenvalue weighted by molar-refractivity contribution is 6.42. The highest BCUT2D eigenvalue weighted by atomic mass is 35.5. The van der Waals surface area contributed by atoms with E-state index in [1.54, 1.807) is 24.3 Å². The van der Waals surface area contributed by atoms with Crippen molar-refractivity contribution in [1.82, 2.24) is 0 Å². The number of nitrogens with one attached hydrogen (secondary N) is 2. The van der Waals surface area contributed by atoms with E-state index in [4.69, 9.17) is 37.4 Å². The number of carbonyl (C=O) groups excluding carboxylic acids is 1. The smallest absolute Gasteiger partial charge is 0.323 e. The molecule has 1 aliphatic heterocycles. The number of urea groups is 1. The first kappa shape index (κ1) is 22.3. The fraction of sp³-hybridized carbons (Fsp3) is 0.381. The second-order valence-corrected chi connectivity index (χ2v) is 7.30. The number of hydrogen-bond donors (Lipinski definition) is 2. The number of anilines is 3. The molecule has 1 aliphatic rings.